The maximum absolute atomic E-state index is 6.20. The fraction of sp³-hybridized carbons (Fsp3) is 0.714. The lowest BCUT2D eigenvalue weighted by atomic mass is 9.96. The molecule has 15 heavy (non-hydrogen) atoms. The van der Waals surface area contributed by atoms with Crippen molar-refractivity contribution in [3.8, 4) is 0 Å². The molecule has 1 heteroatoms. The first-order valence-electron chi connectivity index (χ1n) is 6.55. The minimum Gasteiger partial charge on any atom is -0.402 e. The summed E-state index contributed by atoms with van der Waals surface area (Å²) in [6.07, 6.45) is 15.5. The predicted octanol–water partition coefficient (Wildman–Crippen LogP) is 4.05. The molecule has 0 aromatic heterocycles. The summed E-state index contributed by atoms with van der Waals surface area (Å²) in [5.41, 5.74) is 10.5. The first-order chi connectivity index (χ1) is 7.38. The zero-order valence-corrected chi connectivity index (χ0v) is 9.73. The van der Waals surface area contributed by atoms with Crippen molar-refractivity contribution >= 4 is 0 Å². The van der Waals surface area contributed by atoms with Crippen molar-refractivity contribution in [2.24, 2.45) is 5.73 Å². The van der Waals surface area contributed by atoms with Crippen molar-refractivity contribution in [3.63, 3.8) is 0 Å². The average molecular weight is 205 g/mol. The summed E-state index contributed by atoms with van der Waals surface area (Å²) in [6, 6.07) is 0. The van der Waals surface area contributed by atoms with E-state index >= 15 is 0 Å². The van der Waals surface area contributed by atoms with E-state index in [1.165, 1.54) is 69.1 Å². The van der Waals surface area contributed by atoms with Gasteiger partial charge in [0.15, 0.2) is 0 Å². The molecule has 2 rings (SSSR count). The van der Waals surface area contributed by atoms with Crippen molar-refractivity contribution in [2.45, 2.75) is 64.2 Å². The molecule has 0 bridgehead atoms. The lowest BCUT2D eigenvalue weighted by molar-refractivity contribution is 0.698. The lowest BCUT2D eigenvalue weighted by Crippen LogP contribution is -2.03. The Bertz CT molecular complexity index is 273. The number of rotatable bonds is 1. The molecule has 2 N–H and O–H groups in total. The predicted molar refractivity (Wildman–Crippen MR) is 65.5 cm³/mol. The molecule has 0 aliphatic heterocycles. The normalized spacial score (nSPS) is 24.4. The minimum atomic E-state index is 1.13. The first-order valence-corrected chi connectivity index (χ1v) is 6.55. The number of hydrogen-bond acceptors (Lipinski definition) is 1. The van der Waals surface area contributed by atoms with Crippen LogP contribution in [0.25, 0.3) is 0 Å². The highest BCUT2D eigenvalue weighted by atomic mass is 14.6. The van der Waals surface area contributed by atoms with Crippen LogP contribution in [-0.2, 0) is 0 Å². The van der Waals surface area contributed by atoms with E-state index in [1.54, 1.807) is 5.57 Å². The van der Waals surface area contributed by atoms with Gasteiger partial charge in [0.05, 0.1) is 0 Å². The number of hydrogen-bond donors (Lipinski definition) is 1. The minimum absolute atomic E-state index is 1.13. The maximum Gasteiger partial charge on any atom is 0.0116 e. The molecule has 0 aromatic carbocycles. The van der Waals surface area contributed by atoms with Gasteiger partial charge in [0.1, 0.15) is 0 Å². The third-order valence-corrected chi connectivity index (χ3v) is 3.69. The van der Waals surface area contributed by atoms with Gasteiger partial charge in [-0.05, 0) is 62.5 Å². The van der Waals surface area contributed by atoms with Crippen LogP contribution in [0.15, 0.2) is 22.9 Å². The molecule has 0 saturated heterocycles. The largest absolute Gasteiger partial charge is 0.402 e. The Hall–Kier alpha value is -0.720. The van der Waals surface area contributed by atoms with E-state index < -0.39 is 0 Å². The van der Waals surface area contributed by atoms with Gasteiger partial charge in [0.25, 0.3) is 0 Å². The van der Waals surface area contributed by atoms with Gasteiger partial charge in [-0.25, -0.2) is 0 Å². The second-order valence-corrected chi connectivity index (χ2v) is 4.89. The number of allylic oxidation sites excluding steroid dienone is 4. The molecule has 0 fully saturated rings. The third kappa shape index (κ3) is 2.87. The molecule has 2 aliphatic rings. The standard InChI is InChI=1S/C14H23N/c15-14-11-7-3-6-10-13(14)12-8-4-1-2-5-9-12/h8H,1-7,9-11,15H2. The van der Waals surface area contributed by atoms with Crippen LogP contribution in [0.5, 0.6) is 0 Å². The number of nitrogens with two attached hydrogens (primary N) is 1. The van der Waals surface area contributed by atoms with E-state index in [2.05, 4.69) is 6.08 Å². The molecule has 84 valence electrons. The van der Waals surface area contributed by atoms with Crippen LogP contribution in [0, 0.1) is 0 Å². The summed E-state index contributed by atoms with van der Waals surface area (Å²) in [7, 11) is 0. The summed E-state index contributed by atoms with van der Waals surface area (Å²) in [6.45, 7) is 0. The van der Waals surface area contributed by atoms with Gasteiger partial charge in [-0.2, -0.15) is 0 Å². The highest BCUT2D eigenvalue weighted by molar-refractivity contribution is 5.35. The van der Waals surface area contributed by atoms with Crippen molar-refractivity contribution < 1.29 is 0 Å². The SMILES string of the molecule is NC1=C(C2=CCCCCC2)CCCCC1. The molecule has 0 amide bonds. The first kappa shape index (κ1) is 10.8. The molecule has 0 saturated carbocycles. The van der Waals surface area contributed by atoms with E-state index in [0.717, 1.165) is 6.42 Å². The third-order valence-electron chi connectivity index (χ3n) is 3.69. The van der Waals surface area contributed by atoms with Gasteiger partial charge in [-0.1, -0.05) is 18.9 Å². The van der Waals surface area contributed by atoms with E-state index in [9.17, 15) is 0 Å². The van der Waals surface area contributed by atoms with Crippen LogP contribution in [-0.4, -0.2) is 0 Å². The van der Waals surface area contributed by atoms with E-state index in [1.807, 2.05) is 0 Å². The van der Waals surface area contributed by atoms with E-state index in [-0.39, 0.29) is 0 Å². The van der Waals surface area contributed by atoms with Gasteiger partial charge >= 0.3 is 0 Å². The molecule has 0 radical (unpaired) electrons. The molecule has 1 nitrogen and oxygen atoms in total. The van der Waals surface area contributed by atoms with Gasteiger partial charge < -0.3 is 5.73 Å². The topological polar surface area (TPSA) is 26.0 Å². The Morgan fingerprint density at radius 3 is 2.47 bits per heavy atom. The molecule has 0 aromatic rings. The second-order valence-electron chi connectivity index (χ2n) is 4.89. The fourth-order valence-corrected chi connectivity index (χ4v) is 2.76. The Kier molecular flexibility index (Phi) is 3.87. The molecule has 0 heterocycles. The summed E-state index contributed by atoms with van der Waals surface area (Å²) < 4.78 is 0. The van der Waals surface area contributed by atoms with Crippen LogP contribution in [0.1, 0.15) is 64.2 Å². The summed E-state index contributed by atoms with van der Waals surface area (Å²) in [5.74, 6) is 0. The van der Waals surface area contributed by atoms with E-state index in [0.29, 0.717) is 0 Å². The van der Waals surface area contributed by atoms with Crippen LogP contribution in [0.2, 0.25) is 0 Å². The van der Waals surface area contributed by atoms with Gasteiger partial charge in [0.2, 0.25) is 0 Å². The molecule has 2 aliphatic carbocycles. The Balaban J connectivity index is 2.15. The maximum atomic E-state index is 6.20. The second kappa shape index (κ2) is 5.39. The van der Waals surface area contributed by atoms with Crippen LogP contribution < -0.4 is 5.73 Å². The van der Waals surface area contributed by atoms with Crippen molar-refractivity contribution in [1.29, 1.82) is 0 Å². The summed E-state index contributed by atoms with van der Waals surface area (Å²) in [5, 5.41) is 0. The van der Waals surface area contributed by atoms with Crippen LogP contribution in [0.4, 0.5) is 0 Å². The zero-order valence-electron chi connectivity index (χ0n) is 9.73. The smallest absolute Gasteiger partial charge is 0.0116 e. The quantitative estimate of drug-likeness (QED) is 0.686. The summed E-state index contributed by atoms with van der Waals surface area (Å²) >= 11 is 0. The fourth-order valence-electron chi connectivity index (χ4n) is 2.76. The van der Waals surface area contributed by atoms with Gasteiger partial charge in [-0.15, -0.1) is 0 Å². The Labute approximate surface area is 93.4 Å². The molecular weight excluding hydrogens is 182 g/mol. The highest BCUT2D eigenvalue weighted by Crippen LogP contribution is 2.31. The Morgan fingerprint density at radius 2 is 1.53 bits per heavy atom. The molecule has 0 atom stereocenters. The zero-order chi connectivity index (χ0) is 10.5. The summed E-state index contributed by atoms with van der Waals surface area (Å²) in [4.78, 5) is 0. The highest BCUT2D eigenvalue weighted by Gasteiger charge is 2.13. The lowest BCUT2D eigenvalue weighted by Gasteiger charge is -2.12. The van der Waals surface area contributed by atoms with Crippen molar-refractivity contribution in [3.05, 3.63) is 22.9 Å². The van der Waals surface area contributed by atoms with Gasteiger partial charge in [-0.3, -0.25) is 0 Å². The van der Waals surface area contributed by atoms with E-state index in [4.69, 9.17) is 5.73 Å². The monoisotopic (exact) mass is 205 g/mol. The average Bonchev–Trinajstić information content (AvgIpc) is 2.59. The van der Waals surface area contributed by atoms with Crippen LogP contribution in [0.3, 0.4) is 0 Å². The van der Waals surface area contributed by atoms with Crippen LogP contribution >= 0.6 is 0 Å². The molecule has 0 unspecified atom stereocenters. The molecule has 0 spiro atoms. The van der Waals surface area contributed by atoms with Crippen molar-refractivity contribution in [1.82, 2.24) is 0 Å². The molecular formula is C14H23N. The van der Waals surface area contributed by atoms with Gasteiger partial charge in [0, 0.05) is 5.70 Å². The van der Waals surface area contributed by atoms with Crippen molar-refractivity contribution in [2.75, 3.05) is 0 Å². The Morgan fingerprint density at radius 1 is 0.800 bits per heavy atom.